The largest absolute Gasteiger partial charge is 0.476 e. The molecule has 1 saturated heterocycles. The van der Waals surface area contributed by atoms with Crippen LogP contribution in [0.15, 0.2) is 12.4 Å². The Hall–Kier alpha value is -1.78. The number of carboxylic acid groups (broad SMARTS) is 1. The molecule has 0 aliphatic carbocycles. The molecule has 2 heterocycles. The second-order valence-electron chi connectivity index (χ2n) is 6.54. The third kappa shape index (κ3) is 5.11. The first-order chi connectivity index (χ1) is 10.7. The normalized spacial score (nSPS) is 17.2. The molecule has 1 radical (unpaired) electrons. The van der Waals surface area contributed by atoms with Gasteiger partial charge < -0.3 is 19.6 Å². The third-order valence-corrected chi connectivity index (χ3v) is 3.57. The number of aromatic carboxylic acids is 1. The molecule has 1 aliphatic heterocycles. The molecular weight excluding hydrogens is 307 g/mol. The van der Waals surface area contributed by atoms with Crippen LogP contribution in [0.4, 0.5) is 10.6 Å². The van der Waals surface area contributed by atoms with Crippen LogP contribution in [0.5, 0.6) is 0 Å². The molecule has 1 aliphatic rings. The zero-order valence-electron chi connectivity index (χ0n) is 14.8. The van der Waals surface area contributed by atoms with E-state index in [9.17, 15) is 9.59 Å². The summed E-state index contributed by atoms with van der Waals surface area (Å²) in [6, 6.07) is 0.0193. The van der Waals surface area contributed by atoms with Crippen molar-refractivity contribution in [3.05, 3.63) is 18.1 Å². The van der Waals surface area contributed by atoms with E-state index in [1.54, 1.807) is 11.9 Å². The van der Waals surface area contributed by atoms with Crippen molar-refractivity contribution in [2.24, 2.45) is 0 Å². The van der Waals surface area contributed by atoms with Crippen molar-refractivity contribution in [1.29, 1.82) is 0 Å². The van der Waals surface area contributed by atoms with Crippen molar-refractivity contribution >= 4 is 36.7 Å². The van der Waals surface area contributed by atoms with Gasteiger partial charge in [-0.1, -0.05) is 0 Å². The van der Waals surface area contributed by atoms with Gasteiger partial charge in [0.05, 0.1) is 18.4 Å². The van der Waals surface area contributed by atoms with E-state index in [1.165, 1.54) is 12.4 Å². The fraction of sp³-hybridized carbons (Fsp3) is 0.600. The van der Waals surface area contributed by atoms with Crippen LogP contribution in [0.2, 0.25) is 0 Å². The number of aromatic nitrogens is 2. The number of hydrogen-bond acceptors (Lipinski definition) is 6. The molecular formula is C15H22LiN4O4. The number of ether oxygens (including phenoxy) is 1. The quantitative estimate of drug-likeness (QED) is 0.833. The Kier molecular flexibility index (Phi) is 6.64. The minimum Gasteiger partial charge on any atom is -0.476 e. The van der Waals surface area contributed by atoms with E-state index in [1.807, 2.05) is 25.7 Å². The van der Waals surface area contributed by atoms with Crippen molar-refractivity contribution in [3.63, 3.8) is 0 Å². The van der Waals surface area contributed by atoms with Crippen LogP contribution in [0, 0.1) is 0 Å². The summed E-state index contributed by atoms with van der Waals surface area (Å²) in [6.07, 6.45) is 3.12. The van der Waals surface area contributed by atoms with Gasteiger partial charge in [0.2, 0.25) is 0 Å². The van der Waals surface area contributed by atoms with Gasteiger partial charge in [-0.05, 0) is 27.2 Å². The van der Waals surface area contributed by atoms with Gasteiger partial charge in [0, 0.05) is 39.0 Å². The maximum atomic E-state index is 12.1. The van der Waals surface area contributed by atoms with E-state index < -0.39 is 11.6 Å². The van der Waals surface area contributed by atoms with E-state index in [0.29, 0.717) is 12.4 Å². The molecule has 2 rings (SSSR count). The number of amides is 1. The van der Waals surface area contributed by atoms with Gasteiger partial charge in [0.1, 0.15) is 11.4 Å². The Morgan fingerprint density at radius 1 is 1.33 bits per heavy atom. The van der Waals surface area contributed by atoms with Crippen molar-refractivity contribution in [2.75, 3.05) is 25.0 Å². The number of nitrogens with zero attached hydrogens (tertiary/aromatic N) is 4. The van der Waals surface area contributed by atoms with E-state index in [2.05, 4.69) is 9.97 Å². The predicted octanol–water partition coefficient (Wildman–Crippen LogP) is 1.24. The molecule has 0 aromatic carbocycles. The summed E-state index contributed by atoms with van der Waals surface area (Å²) in [7, 11) is 1.72. The first-order valence-electron chi connectivity index (χ1n) is 7.43. The smallest absolute Gasteiger partial charge is 0.410 e. The molecule has 1 fully saturated rings. The summed E-state index contributed by atoms with van der Waals surface area (Å²) in [5, 5.41) is 8.84. The summed E-state index contributed by atoms with van der Waals surface area (Å²) in [5.74, 6) is -0.497. The molecule has 8 nitrogen and oxygen atoms in total. The van der Waals surface area contributed by atoms with Crippen LogP contribution in [0.25, 0.3) is 0 Å². The Labute approximate surface area is 153 Å². The number of carbonyl (C=O) groups excluding carboxylic acids is 1. The second kappa shape index (κ2) is 7.86. The van der Waals surface area contributed by atoms with Crippen LogP contribution < -0.4 is 4.90 Å². The average Bonchev–Trinajstić information content (AvgIpc) is 2.94. The van der Waals surface area contributed by atoms with E-state index in [4.69, 9.17) is 9.84 Å². The van der Waals surface area contributed by atoms with Gasteiger partial charge in [-0.25, -0.2) is 19.6 Å². The standard InChI is InChI=1S/C15H22N4O4.Li/c1-15(2,3)23-14(22)18(4)10-5-6-19(9-10)12-8-16-11(7-17-12)13(20)21;/h7-8,10H,5-6,9H2,1-4H3,(H,20,21);/t10-;/m1./s1. The van der Waals surface area contributed by atoms with Crippen LogP contribution in [-0.2, 0) is 4.74 Å². The third-order valence-electron chi connectivity index (χ3n) is 3.57. The van der Waals surface area contributed by atoms with Gasteiger partial charge in [-0.2, -0.15) is 0 Å². The molecule has 0 unspecified atom stereocenters. The van der Waals surface area contributed by atoms with E-state index in [0.717, 1.165) is 13.0 Å². The van der Waals surface area contributed by atoms with E-state index >= 15 is 0 Å². The number of rotatable bonds is 3. The van der Waals surface area contributed by atoms with Crippen LogP contribution >= 0.6 is 0 Å². The number of carbonyl (C=O) groups is 2. The Balaban J connectivity index is 0.00000288. The first kappa shape index (κ1) is 20.3. The maximum absolute atomic E-state index is 12.1. The average molecular weight is 329 g/mol. The van der Waals surface area contributed by atoms with Gasteiger partial charge in [0.25, 0.3) is 0 Å². The van der Waals surface area contributed by atoms with Crippen molar-refractivity contribution in [3.8, 4) is 0 Å². The fourth-order valence-corrected chi connectivity index (χ4v) is 2.34. The Morgan fingerprint density at radius 3 is 2.50 bits per heavy atom. The summed E-state index contributed by atoms with van der Waals surface area (Å²) in [6.45, 7) is 6.83. The predicted molar refractivity (Wildman–Crippen MR) is 89.4 cm³/mol. The number of likely N-dealkylation sites (N-methyl/N-ethyl adjacent to an activating group) is 1. The van der Waals surface area contributed by atoms with Gasteiger partial charge in [0.15, 0.2) is 5.69 Å². The SMILES string of the molecule is CN(C(=O)OC(C)(C)C)[C@@H]1CCN(c2cnc(C(=O)O)cn2)C1.[Li]. The summed E-state index contributed by atoms with van der Waals surface area (Å²) < 4.78 is 5.37. The van der Waals surface area contributed by atoms with Crippen molar-refractivity contribution < 1.29 is 19.4 Å². The van der Waals surface area contributed by atoms with Crippen LogP contribution in [-0.4, -0.2) is 82.7 Å². The zero-order valence-corrected chi connectivity index (χ0v) is 14.8. The van der Waals surface area contributed by atoms with Crippen molar-refractivity contribution in [1.82, 2.24) is 14.9 Å². The minimum absolute atomic E-state index is 0. The monoisotopic (exact) mass is 329 g/mol. The summed E-state index contributed by atoms with van der Waals surface area (Å²) >= 11 is 0. The molecule has 1 N–H and O–H groups in total. The molecule has 1 aromatic heterocycles. The molecule has 1 amide bonds. The zero-order chi connectivity index (χ0) is 17.2. The van der Waals surface area contributed by atoms with Gasteiger partial charge >= 0.3 is 12.1 Å². The Bertz CT molecular complexity index is 588. The minimum atomic E-state index is -1.10. The number of anilines is 1. The van der Waals surface area contributed by atoms with Gasteiger partial charge in [-0.3, -0.25) is 0 Å². The fourth-order valence-electron chi connectivity index (χ4n) is 2.34. The molecule has 9 heteroatoms. The molecule has 0 spiro atoms. The molecule has 1 aromatic rings. The first-order valence-corrected chi connectivity index (χ1v) is 7.43. The molecule has 1 atom stereocenters. The maximum Gasteiger partial charge on any atom is 0.410 e. The van der Waals surface area contributed by atoms with Crippen molar-refractivity contribution in [2.45, 2.75) is 38.8 Å². The topological polar surface area (TPSA) is 95.9 Å². The molecule has 0 saturated carbocycles. The van der Waals surface area contributed by atoms with Gasteiger partial charge in [-0.15, -0.1) is 0 Å². The second-order valence-corrected chi connectivity index (χ2v) is 6.54. The Morgan fingerprint density at radius 2 is 2.00 bits per heavy atom. The molecule has 127 valence electrons. The molecule has 24 heavy (non-hydrogen) atoms. The summed E-state index contributed by atoms with van der Waals surface area (Å²) in [5.41, 5.74) is -0.614. The summed E-state index contributed by atoms with van der Waals surface area (Å²) in [4.78, 5) is 34.5. The number of hydrogen-bond donors (Lipinski definition) is 1. The molecule has 0 bridgehead atoms. The number of carboxylic acids is 1. The van der Waals surface area contributed by atoms with Crippen LogP contribution in [0.1, 0.15) is 37.7 Å². The van der Waals surface area contributed by atoms with E-state index in [-0.39, 0.29) is 36.7 Å². The van der Waals surface area contributed by atoms with Crippen LogP contribution in [0.3, 0.4) is 0 Å².